The third-order valence-corrected chi connectivity index (χ3v) is 9.31. The molecule has 0 amide bonds. The molecule has 0 fully saturated rings. The van der Waals surface area contributed by atoms with Crippen LogP contribution in [0.5, 0.6) is 0 Å². The molecule has 8 aromatic rings. The zero-order chi connectivity index (χ0) is 35.0. The fraction of sp³-hybridized carbons (Fsp3) is 0.0204. The minimum Gasteiger partial charge on any atom is -0.311 e. The third-order valence-electron chi connectivity index (χ3n) is 9.31. The lowest BCUT2D eigenvalue weighted by molar-refractivity contribution is 0.809. The van der Waals surface area contributed by atoms with Gasteiger partial charge < -0.3 is 4.90 Å². The van der Waals surface area contributed by atoms with E-state index in [1.165, 1.54) is 22.3 Å². The molecule has 8 aromatic carbocycles. The minimum atomic E-state index is -0.165. The topological polar surface area (TPSA) is 28.0 Å². The maximum absolute atomic E-state index is 4.79. The summed E-state index contributed by atoms with van der Waals surface area (Å²) in [4.78, 5) is 2.31. The Labute approximate surface area is 305 Å². The summed E-state index contributed by atoms with van der Waals surface area (Å²) >= 11 is 0. The van der Waals surface area contributed by atoms with Crippen LogP contribution < -0.4 is 4.90 Å². The Bertz CT molecular complexity index is 2210. The van der Waals surface area contributed by atoms with E-state index in [2.05, 4.69) is 180 Å². The Hall–Kier alpha value is -6.84. The Balaban J connectivity index is 1.06. The fourth-order valence-corrected chi connectivity index (χ4v) is 6.56. The van der Waals surface area contributed by atoms with Crippen LogP contribution in [-0.2, 0) is 0 Å². The quantitative estimate of drug-likeness (QED) is 0.133. The van der Waals surface area contributed by atoms with E-state index in [-0.39, 0.29) is 6.04 Å². The van der Waals surface area contributed by atoms with Gasteiger partial charge >= 0.3 is 0 Å². The van der Waals surface area contributed by atoms with Gasteiger partial charge in [0.2, 0.25) is 0 Å². The third kappa shape index (κ3) is 7.35. The minimum absolute atomic E-state index is 0.165. The maximum atomic E-state index is 4.79. The Morgan fingerprint density at radius 1 is 0.288 bits per heavy atom. The standard InChI is InChI=1S/C49H37N3/c1-5-13-37(14-6-1)40-23-31-46(32-24-40)52(47-33-25-41(26-34-47)38-15-7-2-8-16-38)48-35-27-42(28-36-48)39-21-29-45(30-22-39)50-51-49(43-17-9-3-10-18-43)44-19-11-4-12-20-44/h1-36,49H. The highest BCUT2D eigenvalue weighted by molar-refractivity contribution is 5.81. The van der Waals surface area contributed by atoms with Crippen LogP contribution in [0.1, 0.15) is 17.2 Å². The van der Waals surface area contributed by atoms with E-state index in [9.17, 15) is 0 Å². The molecule has 0 saturated heterocycles. The Kier molecular flexibility index (Phi) is 9.57. The number of anilines is 3. The van der Waals surface area contributed by atoms with Crippen molar-refractivity contribution in [2.45, 2.75) is 6.04 Å². The molecule has 3 nitrogen and oxygen atoms in total. The highest BCUT2D eigenvalue weighted by atomic mass is 15.1. The summed E-state index contributed by atoms with van der Waals surface area (Å²) in [6, 6.07) is 76.2. The summed E-state index contributed by atoms with van der Waals surface area (Å²) in [6.07, 6.45) is 0. The number of rotatable bonds is 10. The molecule has 8 rings (SSSR count). The van der Waals surface area contributed by atoms with Gasteiger partial charge in [-0.1, -0.05) is 170 Å². The van der Waals surface area contributed by atoms with E-state index < -0.39 is 0 Å². The molecule has 0 aliphatic carbocycles. The number of hydrogen-bond donors (Lipinski definition) is 0. The second-order valence-electron chi connectivity index (χ2n) is 12.7. The average Bonchev–Trinajstić information content (AvgIpc) is 3.23. The van der Waals surface area contributed by atoms with Crippen molar-refractivity contribution in [1.29, 1.82) is 0 Å². The summed E-state index contributed by atoms with van der Waals surface area (Å²) in [5.41, 5.74) is 13.4. The van der Waals surface area contributed by atoms with Gasteiger partial charge in [-0.25, -0.2) is 0 Å². The molecular formula is C49H37N3. The monoisotopic (exact) mass is 667 g/mol. The molecule has 0 spiro atoms. The summed E-state index contributed by atoms with van der Waals surface area (Å²) in [7, 11) is 0. The zero-order valence-electron chi connectivity index (χ0n) is 28.7. The lowest BCUT2D eigenvalue weighted by Crippen LogP contribution is -2.09. The molecule has 0 aliphatic heterocycles. The van der Waals surface area contributed by atoms with E-state index in [1.807, 2.05) is 48.5 Å². The van der Waals surface area contributed by atoms with Crippen molar-refractivity contribution in [3.63, 3.8) is 0 Å². The van der Waals surface area contributed by atoms with Crippen molar-refractivity contribution in [3.8, 4) is 33.4 Å². The molecule has 52 heavy (non-hydrogen) atoms. The van der Waals surface area contributed by atoms with Gasteiger partial charge in [-0.2, -0.15) is 10.2 Å². The first-order valence-electron chi connectivity index (χ1n) is 17.6. The summed E-state index contributed by atoms with van der Waals surface area (Å²) in [6.45, 7) is 0. The normalized spacial score (nSPS) is 11.2. The van der Waals surface area contributed by atoms with Crippen molar-refractivity contribution in [2.75, 3.05) is 4.90 Å². The van der Waals surface area contributed by atoms with Crippen LogP contribution in [0.4, 0.5) is 22.7 Å². The molecule has 0 N–H and O–H groups in total. The number of nitrogens with zero attached hydrogens (tertiary/aromatic N) is 3. The number of azo groups is 1. The molecule has 0 atom stereocenters. The summed E-state index contributed by atoms with van der Waals surface area (Å²) in [5, 5.41) is 9.46. The van der Waals surface area contributed by atoms with E-state index in [4.69, 9.17) is 5.11 Å². The molecule has 0 radical (unpaired) electrons. The van der Waals surface area contributed by atoms with Crippen LogP contribution in [0.25, 0.3) is 33.4 Å². The average molecular weight is 668 g/mol. The molecular weight excluding hydrogens is 631 g/mol. The van der Waals surface area contributed by atoms with Gasteiger partial charge in [0.1, 0.15) is 6.04 Å². The lowest BCUT2D eigenvalue weighted by Gasteiger charge is -2.26. The molecule has 0 heterocycles. The number of hydrogen-bond acceptors (Lipinski definition) is 3. The van der Waals surface area contributed by atoms with Crippen molar-refractivity contribution < 1.29 is 0 Å². The molecule has 0 saturated carbocycles. The highest BCUT2D eigenvalue weighted by Gasteiger charge is 2.15. The molecule has 0 bridgehead atoms. The van der Waals surface area contributed by atoms with E-state index in [0.717, 1.165) is 45.0 Å². The SMILES string of the molecule is c1ccc(-c2ccc(N(c3ccc(-c4ccccc4)cc3)c3ccc(-c4ccc(N=NC(c5ccccc5)c5ccccc5)cc4)cc3)cc2)cc1. The summed E-state index contributed by atoms with van der Waals surface area (Å²) in [5.74, 6) is 0. The van der Waals surface area contributed by atoms with Crippen molar-refractivity contribution >= 4 is 22.7 Å². The Morgan fingerprint density at radius 2 is 0.577 bits per heavy atom. The van der Waals surface area contributed by atoms with Crippen LogP contribution in [-0.4, -0.2) is 0 Å². The van der Waals surface area contributed by atoms with E-state index >= 15 is 0 Å². The van der Waals surface area contributed by atoms with Crippen LogP contribution in [0, 0.1) is 0 Å². The first-order valence-corrected chi connectivity index (χ1v) is 17.6. The number of benzene rings is 8. The second kappa shape index (κ2) is 15.4. The molecule has 0 unspecified atom stereocenters. The first-order chi connectivity index (χ1) is 25.8. The van der Waals surface area contributed by atoms with Crippen LogP contribution in [0.2, 0.25) is 0 Å². The lowest BCUT2D eigenvalue weighted by atomic mass is 10.00. The highest BCUT2D eigenvalue weighted by Crippen LogP contribution is 2.38. The van der Waals surface area contributed by atoms with E-state index in [0.29, 0.717) is 0 Å². The van der Waals surface area contributed by atoms with Gasteiger partial charge in [-0.3, -0.25) is 0 Å². The van der Waals surface area contributed by atoms with Crippen LogP contribution in [0.3, 0.4) is 0 Å². The molecule has 3 heteroatoms. The van der Waals surface area contributed by atoms with Crippen molar-refractivity contribution in [3.05, 3.63) is 230 Å². The smallest absolute Gasteiger partial charge is 0.121 e. The van der Waals surface area contributed by atoms with Gasteiger partial charge in [0.05, 0.1) is 5.69 Å². The van der Waals surface area contributed by atoms with Crippen molar-refractivity contribution in [2.24, 2.45) is 10.2 Å². The molecule has 248 valence electrons. The van der Waals surface area contributed by atoms with Gasteiger partial charge in [0.25, 0.3) is 0 Å². The van der Waals surface area contributed by atoms with Gasteiger partial charge in [0.15, 0.2) is 0 Å². The fourth-order valence-electron chi connectivity index (χ4n) is 6.56. The second-order valence-corrected chi connectivity index (χ2v) is 12.7. The Morgan fingerprint density at radius 3 is 0.923 bits per heavy atom. The van der Waals surface area contributed by atoms with Gasteiger partial charge in [-0.05, 0) is 93.0 Å². The van der Waals surface area contributed by atoms with Gasteiger partial charge in [-0.15, -0.1) is 0 Å². The van der Waals surface area contributed by atoms with Gasteiger partial charge in [0, 0.05) is 17.1 Å². The van der Waals surface area contributed by atoms with Crippen LogP contribution in [0.15, 0.2) is 229 Å². The predicted octanol–water partition coefficient (Wildman–Crippen LogP) is 14.0. The predicted molar refractivity (Wildman–Crippen MR) is 217 cm³/mol. The molecule has 0 aliphatic rings. The van der Waals surface area contributed by atoms with E-state index in [1.54, 1.807) is 0 Å². The largest absolute Gasteiger partial charge is 0.311 e. The van der Waals surface area contributed by atoms with Crippen molar-refractivity contribution in [1.82, 2.24) is 0 Å². The first kappa shape index (κ1) is 32.4. The van der Waals surface area contributed by atoms with Crippen LogP contribution >= 0.6 is 0 Å². The summed E-state index contributed by atoms with van der Waals surface area (Å²) < 4.78 is 0. The zero-order valence-corrected chi connectivity index (χ0v) is 28.7. The molecule has 0 aromatic heterocycles. The maximum Gasteiger partial charge on any atom is 0.121 e.